The number of carbonyl (C=O) groups is 1. The first-order valence-corrected chi connectivity index (χ1v) is 9.75. The molecule has 1 heterocycles. The maximum Gasteiger partial charge on any atom is 0.282 e. The van der Waals surface area contributed by atoms with Gasteiger partial charge in [-0.3, -0.25) is 19.6 Å². The van der Waals surface area contributed by atoms with E-state index in [4.69, 9.17) is 4.74 Å². The molecule has 0 aliphatic carbocycles. The molecule has 0 fully saturated rings. The molecule has 1 N–H and O–H groups in total. The monoisotopic (exact) mass is 444 g/mol. The number of aryl methyl sites for hydroxylation is 3. The van der Waals surface area contributed by atoms with Crippen LogP contribution in [0.25, 0.3) is 0 Å². The molecule has 0 bridgehead atoms. The average Bonchev–Trinajstić information content (AvgIpc) is 3.12. The molecule has 0 saturated carbocycles. The van der Waals surface area contributed by atoms with Crippen molar-refractivity contribution in [2.75, 3.05) is 5.32 Å². The summed E-state index contributed by atoms with van der Waals surface area (Å²) >= 11 is 0. The summed E-state index contributed by atoms with van der Waals surface area (Å²) in [5.74, 6) is 0.129. The van der Waals surface area contributed by atoms with Gasteiger partial charge in [-0.15, -0.1) is 0 Å². The molecule has 1 aromatic heterocycles. The number of hydrogen-bond acceptors (Lipinski definition) is 5. The van der Waals surface area contributed by atoms with Gasteiger partial charge in [0.25, 0.3) is 12.1 Å². The first kappa shape index (κ1) is 22.9. The zero-order chi connectivity index (χ0) is 23.6. The fourth-order valence-electron chi connectivity index (χ4n) is 3.13. The van der Waals surface area contributed by atoms with Crippen molar-refractivity contribution in [3.8, 4) is 11.5 Å². The third-order valence-corrected chi connectivity index (χ3v) is 4.85. The highest BCUT2D eigenvalue weighted by molar-refractivity contribution is 5.94. The average molecular weight is 444 g/mol. The largest absolute Gasteiger partial charge is 0.457 e. The number of alkyl halides is 2. The van der Waals surface area contributed by atoms with Gasteiger partial charge in [0.05, 0.1) is 16.7 Å². The third-order valence-electron chi connectivity index (χ3n) is 4.85. The minimum absolute atomic E-state index is 0.134. The van der Waals surface area contributed by atoms with Crippen molar-refractivity contribution in [2.45, 2.75) is 40.2 Å². The van der Waals surface area contributed by atoms with E-state index in [1.807, 2.05) is 26.0 Å². The van der Waals surface area contributed by atoms with E-state index in [9.17, 15) is 23.7 Å². The van der Waals surface area contributed by atoms with Crippen molar-refractivity contribution < 1.29 is 23.2 Å². The van der Waals surface area contributed by atoms with E-state index in [2.05, 4.69) is 10.4 Å². The van der Waals surface area contributed by atoms with E-state index in [1.54, 1.807) is 13.0 Å². The number of nitro benzene ring substituents is 1. The van der Waals surface area contributed by atoms with E-state index in [0.29, 0.717) is 11.4 Å². The second-order valence-corrected chi connectivity index (χ2v) is 7.46. The van der Waals surface area contributed by atoms with Gasteiger partial charge in [0.2, 0.25) is 5.91 Å². The Morgan fingerprint density at radius 3 is 2.50 bits per heavy atom. The summed E-state index contributed by atoms with van der Waals surface area (Å²) in [6.45, 7) is 6.79. The van der Waals surface area contributed by atoms with Gasteiger partial charge in [-0.05, 0) is 51.0 Å². The van der Waals surface area contributed by atoms with Crippen LogP contribution in [0.15, 0.2) is 42.5 Å². The SMILES string of the molecule is Cc1ccc(C)c(Oc2cc(NC(=O)[C@H](C)n3nc(C(F)F)cc3C)cc([N+](=O)[O-])c2)c1. The van der Waals surface area contributed by atoms with Gasteiger partial charge in [-0.2, -0.15) is 5.10 Å². The van der Waals surface area contributed by atoms with Crippen molar-refractivity contribution in [2.24, 2.45) is 0 Å². The van der Waals surface area contributed by atoms with Crippen molar-refractivity contribution in [1.29, 1.82) is 0 Å². The van der Waals surface area contributed by atoms with Crippen molar-refractivity contribution in [3.63, 3.8) is 0 Å². The number of ether oxygens (including phenoxy) is 1. The van der Waals surface area contributed by atoms with Crippen LogP contribution >= 0.6 is 0 Å². The topological polar surface area (TPSA) is 99.3 Å². The molecule has 3 aromatic rings. The number of nitrogens with one attached hydrogen (secondary N) is 1. The van der Waals surface area contributed by atoms with Gasteiger partial charge >= 0.3 is 0 Å². The van der Waals surface area contributed by atoms with Gasteiger partial charge in [-0.25, -0.2) is 8.78 Å². The van der Waals surface area contributed by atoms with Crippen LogP contribution in [0.3, 0.4) is 0 Å². The molecular formula is C22H22F2N4O4. The summed E-state index contributed by atoms with van der Waals surface area (Å²) in [4.78, 5) is 23.5. The number of carbonyl (C=O) groups excluding carboxylic acids is 1. The quantitative estimate of drug-likeness (QED) is 0.375. The lowest BCUT2D eigenvalue weighted by Gasteiger charge is -2.15. The first-order valence-electron chi connectivity index (χ1n) is 9.75. The highest BCUT2D eigenvalue weighted by Crippen LogP contribution is 2.32. The molecule has 1 atom stereocenters. The van der Waals surface area contributed by atoms with E-state index >= 15 is 0 Å². The molecule has 168 valence electrons. The summed E-state index contributed by atoms with van der Waals surface area (Å²) in [5.41, 5.74) is 1.62. The number of halogens is 2. The summed E-state index contributed by atoms with van der Waals surface area (Å²) in [6.07, 6.45) is -2.76. The predicted molar refractivity (Wildman–Crippen MR) is 114 cm³/mol. The van der Waals surface area contributed by atoms with Gasteiger partial charge in [0.15, 0.2) is 0 Å². The number of nitro groups is 1. The second kappa shape index (κ2) is 9.13. The fraction of sp³-hybridized carbons (Fsp3) is 0.273. The van der Waals surface area contributed by atoms with E-state index in [0.717, 1.165) is 11.1 Å². The van der Waals surface area contributed by atoms with E-state index < -0.39 is 29.0 Å². The third kappa shape index (κ3) is 5.08. The molecule has 3 rings (SSSR count). The van der Waals surface area contributed by atoms with Crippen LogP contribution in [0.1, 0.15) is 41.9 Å². The number of nitrogens with zero attached hydrogens (tertiary/aromatic N) is 3. The standard InChI is InChI=1S/C22H22F2N4O4/c1-12-5-6-13(2)20(7-12)32-18-10-16(9-17(11-18)28(30)31)25-22(29)15(4)27-14(3)8-19(26-27)21(23)24/h5-11,15,21H,1-4H3,(H,25,29)/t15-/m0/s1. The highest BCUT2D eigenvalue weighted by Gasteiger charge is 2.22. The smallest absolute Gasteiger partial charge is 0.282 e. The molecule has 2 aromatic carbocycles. The van der Waals surface area contributed by atoms with E-state index in [1.165, 1.54) is 35.9 Å². The molecular weight excluding hydrogens is 422 g/mol. The van der Waals surface area contributed by atoms with E-state index in [-0.39, 0.29) is 17.1 Å². The van der Waals surface area contributed by atoms with Crippen molar-refractivity contribution >= 4 is 17.3 Å². The summed E-state index contributed by atoms with van der Waals surface area (Å²) in [5, 5.41) is 17.7. The molecule has 32 heavy (non-hydrogen) atoms. The lowest BCUT2D eigenvalue weighted by Crippen LogP contribution is -2.25. The zero-order valence-corrected chi connectivity index (χ0v) is 17.9. The summed E-state index contributed by atoms with van der Waals surface area (Å²) in [7, 11) is 0. The van der Waals surface area contributed by atoms with Gasteiger partial charge in [-0.1, -0.05) is 12.1 Å². The zero-order valence-electron chi connectivity index (χ0n) is 17.9. The number of anilines is 1. The number of benzene rings is 2. The molecule has 0 aliphatic heterocycles. The minimum Gasteiger partial charge on any atom is -0.457 e. The van der Waals surface area contributed by atoms with Crippen LogP contribution in [0, 0.1) is 30.9 Å². The van der Waals surface area contributed by atoms with Crippen LogP contribution in [-0.2, 0) is 4.79 Å². The molecule has 10 heteroatoms. The number of hydrogen-bond donors (Lipinski definition) is 1. The highest BCUT2D eigenvalue weighted by atomic mass is 19.3. The van der Waals surface area contributed by atoms with Crippen LogP contribution in [0.4, 0.5) is 20.2 Å². The lowest BCUT2D eigenvalue weighted by atomic mass is 10.1. The lowest BCUT2D eigenvalue weighted by molar-refractivity contribution is -0.384. The molecule has 0 unspecified atom stereocenters. The Hall–Kier alpha value is -3.82. The number of non-ortho nitro benzene ring substituents is 1. The van der Waals surface area contributed by atoms with Gasteiger partial charge in [0, 0.05) is 17.8 Å². The maximum atomic E-state index is 12.9. The Labute approximate surface area is 183 Å². The Kier molecular flexibility index (Phi) is 6.52. The molecule has 8 nitrogen and oxygen atoms in total. The number of amides is 1. The normalized spacial score (nSPS) is 12.0. The predicted octanol–water partition coefficient (Wildman–Crippen LogP) is 5.65. The first-order chi connectivity index (χ1) is 15.0. The Balaban J connectivity index is 1.87. The van der Waals surface area contributed by atoms with Crippen LogP contribution in [0.2, 0.25) is 0 Å². The summed E-state index contributed by atoms with van der Waals surface area (Å²) < 4.78 is 32.9. The van der Waals surface area contributed by atoms with Crippen LogP contribution in [-0.4, -0.2) is 20.6 Å². The Bertz CT molecular complexity index is 1180. The minimum atomic E-state index is -2.76. The van der Waals surface area contributed by atoms with Crippen LogP contribution < -0.4 is 10.1 Å². The fourth-order valence-corrected chi connectivity index (χ4v) is 3.13. The van der Waals surface area contributed by atoms with Crippen molar-refractivity contribution in [1.82, 2.24) is 9.78 Å². The Morgan fingerprint density at radius 2 is 1.88 bits per heavy atom. The van der Waals surface area contributed by atoms with Crippen molar-refractivity contribution in [3.05, 3.63) is 75.1 Å². The number of aromatic nitrogens is 2. The Morgan fingerprint density at radius 1 is 1.16 bits per heavy atom. The summed E-state index contributed by atoms with van der Waals surface area (Å²) in [6, 6.07) is 9.78. The molecule has 0 aliphatic rings. The molecule has 0 saturated heterocycles. The van der Waals surface area contributed by atoms with Gasteiger partial charge < -0.3 is 10.1 Å². The maximum absolute atomic E-state index is 12.9. The molecule has 0 radical (unpaired) electrons. The number of rotatable bonds is 7. The van der Waals surface area contributed by atoms with Gasteiger partial charge in [0.1, 0.15) is 23.2 Å². The molecule has 0 spiro atoms. The second-order valence-electron chi connectivity index (χ2n) is 7.46. The van der Waals surface area contributed by atoms with Crippen LogP contribution in [0.5, 0.6) is 11.5 Å². The molecule has 1 amide bonds.